The largest absolute Gasteiger partial charge is 0.445 e. The fourth-order valence-electron chi connectivity index (χ4n) is 2.45. The van der Waals surface area contributed by atoms with Crippen molar-refractivity contribution in [2.45, 2.75) is 58.2 Å². The molecule has 0 aliphatic heterocycles. The number of unbranched alkanes of at least 4 members (excludes halogenated alkanes) is 1. The summed E-state index contributed by atoms with van der Waals surface area (Å²) in [5.74, 6) is -0.926. The molecule has 0 saturated heterocycles. The Hall–Kier alpha value is -2.74. The van der Waals surface area contributed by atoms with Gasteiger partial charge in [0.15, 0.2) is 5.78 Å². The van der Waals surface area contributed by atoms with Gasteiger partial charge in [0.25, 0.3) is 0 Å². The molecule has 8 nitrogen and oxygen atoms in total. The number of alkyl carbamates (subject to hydrolysis) is 1. The Kier molecular flexibility index (Phi) is 10.5. The monoisotopic (exact) mass is 391 g/mol. The van der Waals surface area contributed by atoms with Crippen LogP contribution in [-0.4, -0.2) is 42.2 Å². The van der Waals surface area contributed by atoms with Gasteiger partial charge in [-0.3, -0.25) is 14.4 Å². The SMILES string of the molecule is CC(=O)CC(NC(=O)C(N)CCCCNC(=O)OCc1ccccc1)C(C)=O. The third-order valence-corrected chi connectivity index (χ3v) is 4.06. The molecule has 2 atom stereocenters. The Labute approximate surface area is 165 Å². The van der Waals surface area contributed by atoms with Crippen LogP contribution in [0.1, 0.15) is 45.1 Å². The Morgan fingerprint density at radius 1 is 1.07 bits per heavy atom. The van der Waals surface area contributed by atoms with Gasteiger partial charge in [0, 0.05) is 13.0 Å². The number of hydrogen-bond donors (Lipinski definition) is 3. The standard InChI is InChI=1S/C20H29N3O5/c1-14(24)12-18(15(2)25)23-19(26)17(21)10-6-7-11-22-20(27)28-13-16-8-4-3-5-9-16/h3-5,8-9,17-18H,6-7,10-13,21H2,1-2H3,(H,22,27)(H,23,26). The second kappa shape index (κ2) is 12.6. The van der Waals surface area contributed by atoms with E-state index < -0.39 is 24.1 Å². The fraction of sp³-hybridized carbons (Fsp3) is 0.500. The summed E-state index contributed by atoms with van der Waals surface area (Å²) in [6.45, 7) is 3.29. The molecule has 0 aromatic heterocycles. The van der Waals surface area contributed by atoms with Crippen LogP contribution in [0.2, 0.25) is 0 Å². The summed E-state index contributed by atoms with van der Waals surface area (Å²) in [5.41, 5.74) is 6.74. The highest BCUT2D eigenvalue weighted by Gasteiger charge is 2.22. The first kappa shape index (κ1) is 23.3. The van der Waals surface area contributed by atoms with Gasteiger partial charge in [0.2, 0.25) is 5.91 Å². The fourth-order valence-corrected chi connectivity index (χ4v) is 2.45. The van der Waals surface area contributed by atoms with E-state index in [2.05, 4.69) is 10.6 Å². The van der Waals surface area contributed by atoms with Crippen LogP contribution in [0.4, 0.5) is 4.79 Å². The second-order valence-corrected chi connectivity index (χ2v) is 6.67. The van der Waals surface area contributed by atoms with Gasteiger partial charge in [0.05, 0.1) is 12.1 Å². The smallest absolute Gasteiger partial charge is 0.407 e. The zero-order valence-corrected chi connectivity index (χ0v) is 16.4. The van der Waals surface area contributed by atoms with E-state index in [-0.39, 0.29) is 24.6 Å². The van der Waals surface area contributed by atoms with Gasteiger partial charge >= 0.3 is 6.09 Å². The molecular weight excluding hydrogens is 362 g/mol. The number of ether oxygens (including phenoxy) is 1. The van der Waals surface area contributed by atoms with Crippen LogP contribution in [0.15, 0.2) is 30.3 Å². The minimum absolute atomic E-state index is 0.0389. The third kappa shape index (κ3) is 9.82. The Balaban J connectivity index is 2.18. The molecule has 2 unspecified atom stereocenters. The van der Waals surface area contributed by atoms with Crippen molar-refractivity contribution in [3.63, 3.8) is 0 Å². The summed E-state index contributed by atoms with van der Waals surface area (Å²) in [5, 5.41) is 5.15. The molecule has 1 aromatic carbocycles. The molecule has 0 aliphatic carbocycles. The van der Waals surface area contributed by atoms with Gasteiger partial charge in [-0.25, -0.2) is 4.79 Å². The van der Waals surface area contributed by atoms with Crippen molar-refractivity contribution >= 4 is 23.6 Å². The van der Waals surface area contributed by atoms with E-state index in [1.165, 1.54) is 13.8 Å². The highest BCUT2D eigenvalue weighted by molar-refractivity contribution is 5.93. The van der Waals surface area contributed by atoms with Crippen LogP contribution in [0, 0.1) is 0 Å². The first-order valence-corrected chi connectivity index (χ1v) is 9.30. The van der Waals surface area contributed by atoms with Crippen LogP contribution < -0.4 is 16.4 Å². The van der Waals surface area contributed by atoms with Crippen molar-refractivity contribution in [1.29, 1.82) is 0 Å². The molecule has 0 fully saturated rings. The predicted octanol–water partition coefficient (Wildman–Crippen LogP) is 1.46. The zero-order chi connectivity index (χ0) is 20.9. The molecule has 1 rings (SSSR count). The predicted molar refractivity (Wildman–Crippen MR) is 104 cm³/mol. The number of nitrogens with one attached hydrogen (secondary N) is 2. The van der Waals surface area contributed by atoms with E-state index in [1.54, 1.807) is 0 Å². The molecule has 0 bridgehead atoms. The molecule has 8 heteroatoms. The lowest BCUT2D eigenvalue weighted by Gasteiger charge is -2.18. The highest BCUT2D eigenvalue weighted by atomic mass is 16.5. The van der Waals surface area contributed by atoms with Crippen molar-refractivity contribution in [2.24, 2.45) is 5.73 Å². The van der Waals surface area contributed by atoms with Gasteiger partial charge in [-0.05, 0) is 38.7 Å². The van der Waals surface area contributed by atoms with E-state index >= 15 is 0 Å². The maximum Gasteiger partial charge on any atom is 0.407 e. The number of carbonyl (C=O) groups is 4. The van der Waals surface area contributed by atoms with E-state index in [0.717, 1.165) is 5.56 Å². The minimum Gasteiger partial charge on any atom is -0.445 e. The average molecular weight is 391 g/mol. The maximum absolute atomic E-state index is 12.0. The summed E-state index contributed by atoms with van der Waals surface area (Å²) in [7, 11) is 0. The van der Waals surface area contributed by atoms with Gasteiger partial charge in [-0.1, -0.05) is 30.3 Å². The highest BCUT2D eigenvalue weighted by Crippen LogP contribution is 2.03. The van der Waals surface area contributed by atoms with Crippen LogP contribution in [0.5, 0.6) is 0 Å². The van der Waals surface area contributed by atoms with Crippen molar-refractivity contribution in [2.75, 3.05) is 6.54 Å². The van der Waals surface area contributed by atoms with Crippen LogP contribution in [-0.2, 0) is 25.7 Å². The molecule has 2 amide bonds. The third-order valence-electron chi connectivity index (χ3n) is 4.06. The summed E-state index contributed by atoms with van der Waals surface area (Å²) < 4.78 is 5.09. The Morgan fingerprint density at radius 2 is 1.75 bits per heavy atom. The number of amides is 2. The molecule has 4 N–H and O–H groups in total. The number of hydrogen-bond acceptors (Lipinski definition) is 6. The molecule has 1 aromatic rings. The quantitative estimate of drug-likeness (QED) is 0.463. The molecule has 154 valence electrons. The normalized spacial score (nSPS) is 12.5. The van der Waals surface area contributed by atoms with E-state index in [1.807, 2.05) is 30.3 Å². The van der Waals surface area contributed by atoms with Crippen LogP contribution in [0.3, 0.4) is 0 Å². The minimum atomic E-state index is -0.836. The van der Waals surface area contributed by atoms with Crippen LogP contribution >= 0.6 is 0 Å². The molecule has 0 saturated carbocycles. The molecule has 0 radical (unpaired) electrons. The van der Waals surface area contributed by atoms with Crippen molar-refractivity contribution < 1.29 is 23.9 Å². The summed E-state index contributed by atoms with van der Waals surface area (Å²) >= 11 is 0. The number of nitrogens with two attached hydrogens (primary N) is 1. The summed E-state index contributed by atoms with van der Waals surface area (Å²) in [6.07, 6.45) is 1.11. The van der Waals surface area contributed by atoms with Gasteiger partial charge in [-0.2, -0.15) is 0 Å². The number of carbonyl (C=O) groups excluding carboxylic acids is 4. The number of benzene rings is 1. The Morgan fingerprint density at radius 3 is 2.36 bits per heavy atom. The van der Waals surface area contributed by atoms with Gasteiger partial charge in [0.1, 0.15) is 12.4 Å². The van der Waals surface area contributed by atoms with Crippen molar-refractivity contribution in [3.05, 3.63) is 35.9 Å². The average Bonchev–Trinajstić information content (AvgIpc) is 2.65. The van der Waals surface area contributed by atoms with Crippen molar-refractivity contribution in [3.8, 4) is 0 Å². The maximum atomic E-state index is 12.0. The first-order chi connectivity index (χ1) is 13.3. The van der Waals surface area contributed by atoms with Gasteiger partial charge in [-0.15, -0.1) is 0 Å². The van der Waals surface area contributed by atoms with Crippen molar-refractivity contribution in [1.82, 2.24) is 10.6 Å². The summed E-state index contributed by atoms with van der Waals surface area (Å²) in [4.78, 5) is 46.3. The van der Waals surface area contributed by atoms with E-state index in [9.17, 15) is 19.2 Å². The molecule has 28 heavy (non-hydrogen) atoms. The number of Topliss-reactive ketones (excluding diaryl/α,β-unsaturated/α-hetero) is 2. The topological polar surface area (TPSA) is 128 Å². The van der Waals surface area contributed by atoms with Gasteiger partial charge < -0.3 is 21.1 Å². The summed E-state index contributed by atoms with van der Waals surface area (Å²) in [6, 6.07) is 7.75. The molecule has 0 heterocycles. The Bertz CT molecular complexity index is 663. The molecule has 0 spiro atoms. The first-order valence-electron chi connectivity index (χ1n) is 9.30. The molecule has 0 aliphatic rings. The number of ketones is 2. The number of rotatable bonds is 12. The molecular formula is C20H29N3O5. The van der Waals surface area contributed by atoms with Crippen LogP contribution in [0.25, 0.3) is 0 Å². The van der Waals surface area contributed by atoms with E-state index in [4.69, 9.17) is 10.5 Å². The lowest BCUT2D eigenvalue weighted by atomic mass is 10.1. The lowest BCUT2D eigenvalue weighted by molar-refractivity contribution is -0.129. The zero-order valence-electron chi connectivity index (χ0n) is 16.4. The lowest BCUT2D eigenvalue weighted by Crippen LogP contribution is -2.48. The second-order valence-electron chi connectivity index (χ2n) is 6.67. The van der Waals surface area contributed by atoms with E-state index in [0.29, 0.717) is 25.8 Å².